The van der Waals surface area contributed by atoms with Crippen molar-refractivity contribution in [3.63, 3.8) is 0 Å². The predicted molar refractivity (Wildman–Crippen MR) is 95.1 cm³/mol. The zero-order valence-corrected chi connectivity index (χ0v) is 14.2. The van der Waals surface area contributed by atoms with Gasteiger partial charge >= 0.3 is 0 Å². The Labute approximate surface area is 135 Å². The van der Waals surface area contributed by atoms with E-state index in [2.05, 4.69) is 54.0 Å². The van der Waals surface area contributed by atoms with Crippen LogP contribution in [-0.4, -0.2) is 54.4 Å². The molecular formula is C18H28N2S. The lowest BCUT2D eigenvalue weighted by Gasteiger charge is -2.39. The summed E-state index contributed by atoms with van der Waals surface area (Å²) in [5.74, 6) is 0. The smallest absolute Gasteiger partial charge is 0.0110 e. The van der Waals surface area contributed by atoms with Gasteiger partial charge in [-0.05, 0) is 29.2 Å². The van der Waals surface area contributed by atoms with Gasteiger partial charge in [-0.3, -0.25) is 0 Å². The Balaban J connectivity index is 1.77. The highest BCUT2D eigenvalue weighted by atomic mass is 32.1. The second-order valence-electron chi connectivity index (χ2n) is 6.90. The van der Waals surface area contributed by atoms with Crippen LogP contribution in [0.15, 0.2) is 30.3 Å². The molecular weight excluding hydrogens is 276 g/mol. The molecule has 1 heterocycles. The minimum atomic E-state index is 0.331. The van der Waals surface area contributed by atoms with Crippen LogP contribution in [0, 0.1) is 5.41 Å². The standard InChI is InChI=1S/C18H28N2S/c1-18(2,15-17-7-4-3-5-8-17)16-20-12-10-19(11-13-20)9-6-14-21/h3-5,7-8,14H,6,9-13,15-16H2,1-2H3. The molecule has 1 fully saturated rings. The molecule has 3 heteroatoms. The summed E-state index contributed by atoms with van der Waals surface area (Å²) in [6.45, 7) is 11.8. The molecule has 0 radical (unpaired) electrons. The third-order valence-electron chi connectivity index (χ3n) is 4.21. The average molecular weight is 305 g/mol. The van der Waals surface area contributed by atoms with E-state index in [0.29, 0.717) is 5.41 Å². The summed E-state index contributed by atoms with van der Waals surface area (Å²) < 4.78 is 0. The van der Waals surface area contributed by atoms with Crippen LogP contribution >= 0.6 is 12.2 Å². The van der Waals surface area contributed by atoms with Gasteiger partial charge in [0.1, 0.15) is 0 Å². The Morgan fingerprint density at radius 2 is 1.67 bits per heavy atom. The predicted octanol–water partition coefficient (Wildman–Crippen LogP) is 3.26. The van der Waals surface area contributed by atoms with Crippen LogP contribution in [0.25, 0.3) is 0 Å². The molecule has 0 spiro atoms. The van der Waals surface area contributed by atoms with Crippen molar-refractivity contribution in [3.05, 3.63) is 35.9 Å². The molecule has 0 atom stereocenters. The molecule has 1 aromatic carbocycles. The van der Waals surface area contributed by atoms with Crippen LogP contribution in [0.4, 0.5) is 0 Å². The summed E-state index contributed by atoms with van der Waals surface area (Å²) >= 11 is 4.92. The van der Waals surface area contributed by atoms with Crippen molar-refractivity contribution < 1.29 is 0 Å². The molecule has 1 aliphatic heterocycles. The number of hydrogen-bond donors (Lipinski definition) is 0. The fourth-order valence-electron chi connectivity index (χ4n) is 3.22. The van der Waals surface area contributed by atoms with Crippen LogP contribution in [0.2, 0.25) is 0 Å². The molecule has 0 aromatic heterocycles. The monoisotopic (exact) mass is 304 g/mol. The minimum Gasteiger partial charge on any atom is -0.300 e. The SMILES string of the molecule is CC(C)(Cc1ccccc1)CN1CCN(CCC=S)CC1. The summed E-state index contributed by atoms with van der Waals surface area (Å²) in [6.07, 6.45) is 2.19. The largest absolute Gasteiger partial charge is 0.300 e. The molecule has 21 heavy (non-hydrogen) atoms. The van der Waals surface area contributed by atoms with Gasteiger partial charge in [0.2, 0.25) is 0 Å². The molecule has 2 rings (SSSR count). The minimum absolute atomic E-state index is 0.331. The molecule has 0 aliphatic carbocycles. The quantitative estimate of drug-likeness (QED) is 0.714. The van der Waals surface area contributed by atoms with E-state index in [1.807, 2.05) is 5.37 Å². The van der Waals surface area contributed by atoms with E-state index in [4.69, 9.17) is 12.2 Å². The Bertz CT molecular complexity index is 422. The van der Waals surface area contributed by atoms with Crippen LogP contribution in [0.5, 0.6) is 0 Å². The molecule has 116 valence electrons. The Morgan fingerprint density at radius 3 is 2.29 bits per heavy atom. The number of benzene rings is 1. The van der Waals surface area contributed by atoms with Gasteiger partial charge in [0.25, 0.3) is 0 Å². The fraction of sp³-hybridized carbons (Fsp3) is 0.611. The molecule has 0 unspecified atom stereocenters. The lowest BCUT2D eigenvalue weighted by molar-refractivity contribution is 0.0986. The molecule has 0 bridgehead atoms. The molecule has 1 aliphatic rings. The molecule has 2 nitrogen and oxygen atoms in total. The maximum atomic E-state index is 4.92. The third-order valence-corrected chi connectivity index (χ3v) is 4.44. The van der Waals surface area contributed by atoms with Crippen molar-refractivity contribution in [1.82, 2.24) is 9.80 Å². The summed E-state index contributed by atoms with van der Waals surface area (Å²) in [5.41, 5.74) is 1.78. The molecule has 1 aromatic rings. The van der Waals surface area contributed by atoms with Crippen LogP contribution in [0.3, 0.4) is 0 Å². The molecule has 0 saturated carbocycles. The number of rotatable bonds is 7. The van der Waals surface area contributed by atoms with E-state index in [-0.39, 0.29) is 0 Å². The highest BCUT2D eigenvalue weighted by molar-refractivity contribution is 7.78. The van der Waals surface area contributed by atoms with E-state index in [1.54, 1.807) is 0 Å². The van der Waals surface area contributed by atoms with Crippen LogP contribution < -0.4 is 0 Å². The summed E-state index contributed by atoms with van der Waals surface area (Å²) in [5, 5.41) is 1.86. The van der Waals surface area contributed by atoms with Gasteiger partial charge in [-0.25, -0.2) is 0 Å². The highest BCUT2D eigenvalue weighted by Gasteiger charge is 2.24. The van der Waals surface area contributed by atoms with Crippen LogP contribution in [-0.2, 0) is 6.42 Å². The first-order valence-electron chi connectivity index (χ1n) is 8.01. The molecule has 0 N–H and O–H groups in total. The van der Waals surface area contributed by atoms with Crippen molar-refractivity contribution in [2.24, 2.45) is 5.41 Å². The van der Waals surface area contributed by atoms with E-state index in [1.165, 1.54) is 38.3 Å². The van der Waals surface area contributed by atoms with Crippen LogP contribution in [0.1, 0.15) is 25.8 Å². The number of piperazine rings is 1. The summed E-state index contributed by atoms with van der Waals surface area (Å²) in [4.78, 5) is 5.15. The highest BCUT2D eigenvalue weighted by Crippen LogP contribution is 2.23. The lowest BCUT2D eigenvalue weighted by Crippen LogP contribution is -2.49. The first kappa shape index (κ1) is 16.6. The maximum Gasteiger partial charge on any atom is 0.0110 e. The Morgan fingerprint density at radius 1 is 1.05 bits per heavy atom. The first-order valence-corrected chi connectivity index (χ1v) is 8.48. The van der Waals surface area contributed by atoms with Crippen molar-refractivity contribution in [2.75, 3.05) is 39.3 Å². The second-order valence-corrected chi connectivity index (χ2v) is 7.23. The van der Waals surface area contributed by atoms with E-state index >= 15 is 0 Å². The normalized spacial score (nSPS) is 17.8. The first-order chi connectivity index (χ1) is 10.1. The average Bonchev–Trinajstić information content (AvgIpc) is 2.47. The zero-order valence-electron chi connectivity index (χ0n) is 13.4. The van der Waals surface area contributed by atoms with Gasteiger partial charge in [0.05, 0.1) is 0 Å². The zero-order chi connectivity index (χ0) is 15.1. The lowest BCUT2D eigenvalue weighted by atomic mass is 9.85. The van der Waals surface area contributed by atoms with Gasteiger partial charge in [0, 0.05) is 39.3 Å². The van der Waals surface area contributed by atoms with Gasteiger partial charge in [0.15, 0.2) is 0 Å². The summed E-state index contributed by atoms with van der Waals surface area (Å²) in [6, 6.07) is 10.9. The number of thiocarbonyl (C=S) groups is 1. The van der Waals surface area contributed by atoms with E-state index < -0.39 is 0 Å². The molecule has 1 saturated heterocycles. The van der Waals surface area contributed by atoms with Crippen molar-refractivity contribution in [2.45, 2.75) is 26.7 Å². The van der Waals surface area contributed by atoms with Crippen molar-refractivity contribution >= 4 is 17.6 Å². The molecule has 0 amide bonds. The van der Waals surface area contributed by atoms with Gasteiger partial charge in [-0.15, -0.1) is 0 Å². The van der Waals surface area contributed by atoms with Gasteiger partial charge < -0.3 is 9.80 Å². The topological polar surface area (TPSA) is 6.48 Å². The van der Waals surface area contributed by atoms with Gasteiger partial charge in [-0.2, -0.15) is 0 Å². The second kappa shape index (κ2) is 8.02. The van der Waals surface area contributed by atoms with Gasteiger partial charge in [-0.1, -0.05) is 56.4 Å². The third kappa shape index (κ3) is 5.85. The summed E-state index contributed by atoms with van der Waals surface area (Å²) in [7, 11) is 0. The Hall–Kier alpha value is -0.770. The van der Waals surface area contributed by atoms with Crippen molar-refractivity contribution in [1.29, 1.82) is 0 Å². The fourth-order valence-corrected chi connectivity index (χ4v) is 3.32. The number of nitrogens with zero attached hydrogens (tertiary/aromatic N) is 2. The maximum absolute atomic E-state index is 4.92. The Kier molecular flexibility index (Phi) is 6.34. The van der Waals surface area contributed by atoms with E-state index in [0.717, 1.165) is 19.4 Å². The van der Waals surface area contributed by atoms with E-state index in [9.17, 15) is 0 Å². The number of hydrogen-bond acceptors (Lipinski definition) is 3. The van der Waals surface area contributed by atoms with Crippen molar-refractivity contribution in [3.8, 4) is 0 Å².